The highest BCUT2D eigenvalue weighted by Gasteiger charge is 2.17. The molecule has 0 bridgehead atoms. The van der Waals surface area contributed by atoms with E-state index in [1.165, 1.54) is 0 Å². The van der Waals surface area contributed by atoms with Crippen LogP contribution in [0, 0.1) is 6.92 Å². The van der Waals surface area contributed by atoms with E-state index in [9.17, 15) is 4.79 Å². The summed E-state index contributed by atoms with van der Waals surface area (Å²) < 4.78 is 10.5. The second kappa shape index (κ2) is 8.35. The molecule has 27 heavy (non-hydrogen) atoms. The predicted molar refractivity (Wildman–Crippen MR) is 103 cm³/mol. The first-order valence-electron chi connectivity index (χ1n) is 8.68. The Morgan fingerprint density at radius 2 is 2.00 bits per heavy atom. The lowest BCUT2D eigenvalue weighted by Gasteiger charge is -2.19. The summed E-state index contributed by atoms with van der Waals surface area (Å²) in [7, 11) is 1.58. The van der Waals surface area contributed by atoms with Gasteiger partial charge in [0, 0.05) is 23.9 Å². The van der Waals surface area contributed by atoms with E-state index < -0.39 is 0 Å². The first-order chi connectivity index (χ1) is 13.1. The zero-order valence-electron chi connectivity index (χ0n) is 15.6. The van der Waals surface area contributed by atoms with Crippen molar-refractivity contribution in [1.82, 2.24) is 15.0 Å². The lowest BCUT2D eigenvalue weighted by molar-refractivity contribution is 0.203. The van der Waals surface area contributed by atoms with Crippen molar-refractivity contribution in [3.05, 3.63) is 60.0 Å². The van der Waals surface area contributed by atoms with Crippen LogP contribution in [0.3, 0.4) is 0 Å². The Bertz CT molecular complexity index is 906. The number of nitrogens with one attached hydrogen (secondary N) is 1. The molecule has 0 saturated carbocycles. The Morgan fingerprint density at radius 3 is 2.70 bits per heavy atom. The van der Waals surface area contributed by atoms with Crippen molar-refractivity contribution in [2.24, 2.45) is 0 Å². The lowest BCUT2D eigenvalue weighted by atomic mass is 10.1. The summed E-state index contributed by atoms with van der Waals surface area (Å²) in [5.41, 5.74) is 2.69. The number of ether oxygens (including phenoxy) is 1. The number of carbonyl (C=O) groups is 1. The van der Waals surface area contributed by atoms with E-state index in [4.69, 9.17) is 9.26 Å². The van der Waals surface area contributed by atoms with Gasteiger partial charge in [0.05, 0.1) is 7.11 Å². The third-order valence-corrected chi connectivity index (χ3v) is 4.09. The summed E-state index contributed by atoms with van der Waals surface area (Å²) in [6.45, 7) is 4.64. The lowest BCUT2D eigenvalue weighted by Crippen LogP contribution is -2.34. The monoisotopic (exact) mass is 366 g/mol. The van der Waals surface area contributed by atoms with Gasteiger partial charge in [0.15, 0.2) is 0 Å². The number of hydrogen-bond acceptors (Lipinski definition) is 5. The molecular weight excluding hydrogens is 344 g/mol. The summed E-state index contributed by atoms with van der Waals surface area (Å²) in [5.74, 6) is 1.57. The van der Waals surface area contributed by atoms with Crippen LogP contribution in [0.5, 0.6) is 5.75 Å². The van der Waals surface area contributed by atoms with Crippen molar-refractivity contribution in [2.45, 2.75) is 20.4 Å². The zero-order valence-corrected chi connectivity index (χ0v) is 15.6. The number of urea groups is 1. The summed E-state index contributed by atoms with van der Waals surface area (Å²) in [5, 5.41) is 6.86. The molecule has 7 heteroatoms. The first kappa shape index (κ1) is 18.4. The van der Waals surface area contributed by atoms with Gasteiger partial charge in [-0.25, -0.2) is 4.79 Å². The van der Waals surface area contributed by atoms with Gasteiger partial charge in [-0.05, 0) is 26.0 Å². The van der Waals surface area contributed by atoms with E-state index in [0.717, 1.165) is 11.1 Å². The third-order valence-electron chi connectivity index (χ3n) is 4.09. The molecule has 0 aliphatic carbocycles. The van der Waals surface area contributed by atoms with Gasteiger partial charge in [0.25, 0.3) is 0 Å². The minimum atomic E-state index is -0.249. The fraction of sp³-hybridized carbons (Fsp3) is 0.250. The van der Waals surface area contributed by atoms with Crippen molar-refractivity contribution in [3.8, 4) is 17.1 Å². The average molecular weight is 366 g/mol. The van der Waals surface area contributed by atoms with Crippen molar-refractivity contribution in [3.63, 3.8) is 0 Å². The number of anilines is 1. The van der Waals surface area contributed by atoms with Gasteiger partial charge >= 0.3 is 6.03 Å². The minimum Gasteiger partial charge on any atom is -0.497 e. The van der Waals surface area contributed by atoms with E-state index in [1.54, 1.807) is 24.1 Å². The van der Waals surface area contributed by atoms with Crippen LogP contribution in [0.2, 0.25) is 0 Å². The van der Waals surface area contributed by atoms with Crippen LogP contribution in [-0.4, -0.2) is 34.7 Å². The molecule has 0 atom stereocenters. The SMILES string of the molecule is CCN(Cc1nc(-c2ccc(C)cc2)no1)C(=O)Nc1cccc(OC)c1. The Labute approximate surface area is 158 Å². The number of benzene rings is 2. The number of methoxy groups -OCH3 is 1. The Balaban J connectivity index is 1.67. The first-order valence-corrected chi connectivity index (χ1v) is 8.68. The predicted octanol–water partition coefficient (Wildman–Crippen LogP) is 4.11. The van der Waals surface area contributed by atoms with Crippen LogP contribution in [0.15, 0.2) is 53.1 Å². The van der Waals surface area contributed by atoms with Gasteiger partial charge in [-0.3, -0.25) is 0 Å². The smallest absolute Gasteiger partial charge is 0.322 e. The molecule has 7 nitrogen and oxygen atoms in total. The van der Waals surface area contributed by atoms with Crippen LogP contribution in [-0.2, 0) is 6.54 Å². The fourth-order valence-corrected chi connectivity index (χ4v) is 2.53. The second-order valence-corrected chi connectivity index (χ2v) is 6.05. The molecule has 0 radical (unpaired) electrons. The maximum Gasteiger partial charge on any atom is 0.322 e. The largest absolute Gasteiger partial charge is 0.497 e. The van der Waals surface area contributed by atoms with Crippen LogP contribution in [0.4, 0.5) is 10.5 Å². The van der Waals surface area contributed by atoms with Gasteiger partial charge in [-0.2, -0.15) is 4.98 Å². The summed E-state index contributed by atoms with van der Waals surface area (Å²) >= 11 is 0. The quantitative estimate of drug-likeness (QED) is 0.710. The molecule has 2 amide bonds. The third kappa shape index (κ3) is 4.63. The number of rotatable bonds is 6. The molecule has 0 aliphatic rings. The molecule has 0 aliphatic heterocycles. The highest BCUT2D eigenvalue weighted by molar-refractivity contribution is 5.89. The summed E-state index contributed by atoms with van der Waals surface area (Å²) in [6, 6.07) is 14.8. The number of hydrogen-bond donors (Lipinski definition) is 1. The van der Waals surface area contributed by atoms with Gasteiger partial charge < -0.3 is 19.5 Å². The summed E-state index contributed by atoms with van der Waals surface area (Å²) in [6.07, 6.45) is 0. The molecule has 0 spiro atoms. The highest BCUT2D eigenvalue weighted by Crippen LogP contribution is 2.19. The normalized spacial score (nSPS) is 10.5. The molecule has 2 aromatic carbocycles. The topological polar surface area (TPSA) is 80.5 Å². The fourth-order valence-electron chi connectivity index (χ4n) is 2.53. The van der Waals surface area contributed by atoms with E-state index in [-0.39, 0.29) is 12.6 Å². The van der Waals surface area contributed by atoms with Gasteiger partial charge in [0.1, 0.15) is 12.3 Å². The zero-order chi connectivity index (χ0) is 19.2. The number of aromatic nitrogens is 2. The molecule has 0 saturated heterocycles. The van der Waals surface area contributed by atoms with Gasteiger partial charge in [0.2, 0.25) is 11.7 Å². The Hall–Kier alpha value is -3.35. The number of aryl methyl sites for hydroxylation is 1. The van der Waals surface area contributed by atoms with E-state index in [0.29, 0.717) is 29.7 Å². The number of carbonyl (C=O) groups excluding carboxylic acids is 1. The maximum absolute atomic E-state index is 12.5. The maximum atomic E-state index is 12.5. The van der Waals surface area contributed by atoms with Crippen molar-refractivity contribution in [1.29, 1.82) is 0 Å². The molecule has 1 N–H and O–H groups in total. The van der Waals surface area contributed by atoms with Crippen molar-refractivity contribution in [2.75, 3.05) is 19.0 Å². The molecule has 3 rings (SSSR count). The van der Waals surface area contributed by atoms with Gasteiger partial charge in [-0.1, -0.05) is 41.1 Å². The molecule has 0 fully saturated rings. The van der Waals surface area contributed by atoms with Crippen molar-refractivity contribution >= 4 is 11.7 Å². The standard InChI is InChI=1S/C20H22N4O3/c1-4-24(20(25)21-16-6-5-7-17(12-16)26-3)13-18-22-19(23-27-18)15-10-8-14(2)9-11-15/h5-12H,4,13H2,1-3H3,(H,21,25). The van der Waals surface area contributed by atoms with Gasteiger partial charge in [-0.15, -0.1) is 0 Å². The van der Waals surface area contributed by atoms with Crippen LogP contribution < -0.4 is 10.1 Å². The van der Waals surface area contributed by atoms with E-state index in [2.05, 4.69) is 15.5 Å². The number of amides is 2. The Kier molecular flexibility index (Phi) is 5.71. The number of nitrogens with zero attached hydrogens (tertiary/aromatic N) is 3. The van der Waals surface area contributed by atoms with Crippen molar-refractivity contribution < 1.29 is 14.1 Å². The van der Waals surface area contributed by atoms with Crippen LogP contribution in [0.25, 0.3) is 11.4 Å². The minimum absolute atomic E-state index is 0.227. The molecule has 1 aromatic heterocycles. The molecule has 0 unspecified atom stereocenters. The summed E-state index contributed by atoms with van der Waals surface area (Å²) in [4.78, 5) is 18.5. The van der Waals surface area contributed by atoms with E-state index >= 15 is 0 Å². The molecule has 1 heterocycles. The molecule has 3 aromatic rings. The van der Waals surface area contributed by atoms with E-state index in [1.807, 2.05) is 50.2 Å². The average Bonchev–Trinajstić information content (AvgIpc) is 3.15. The molecular formula is C20H22N4O3. The Morgan fingerprint density at radius 1 is 1.22 bits per heavy atom. The van der Waals surface area contributed by atoms with Crippen LogP contribution >= 0.6 is 0 Å². The highest BCUT2D eigenvalue weighted by atomic mass is 16.5. The second-order valence-electron chi connectivity index (χ2n) is 6.05. The molecule has 140 valence electrons. The van der Waals surface area contributed by atoms with Crippen LogP contribution in [0.1, 0.15) is 18.4 Å².